The van der Waals surface area contributed by atoms with Crippen molar-refractivity contribution >= 4 is 39.7 Å². The van der Waals surface area contributed by atoms with Gasteiger partial charge in [-0.3, -0.25) is 0 Å². The van der Waals surface area contributed by atoms with Crippen LogP contribution in [-0.2, 0) is 38.1 Å². The second-order valence-corrected chi connectivity index (χ2v) is 14.8. The standard InChI is InChI=1S/C27H34O8P2/c1-12-13(2)21-17(25(29)33-6)16(24(28)32-5)20(12)36(21)10-9-11-37-22-14(3)15(4)23(37)19(27(31)35-8)18(22)26(30)34-7/h20-23H,9-11H2,1-8H3/t20-,21+,22-,23+,36?,37?. The molecule has 4 aliphatic rings. The van der Waals surface area contributed by atoms with Gasteiger partial charge in [0.15, 0.2) is 0 Å². The Bertz CT molecular complexity index is 1030. The number of methoxy groups -OCH3 is 4. The number of carbonyl (C=O) groups is 4. The van der Waals surface area contributed by atoms with E-state index in [1.54, 1.807) is 0 Å². The minimum absolute atomic E-state index is 0.106. The van der Waals surface area contributed by atoms with Gasteiger partial charge in [-0.05, 0) is 46.4 Å². The van der Waals surface area contributed by atoms with Gasteiger partial charge in [-0.2, -0.15) is 0 Å². The Hall–Kier alpha value is -2.30. The fraction of sp³-hybridized carbons (Fsp3) is 0.556. The summed E-state index contributed by atoms with van der Waals surface area (Å²) in [4.78, 5) is 51.0. The highest BCUT2D eigenvalue weighted by molar-refractivity contribution is 7.62. The number of fused-ring (bicyclic) bond motifs is 4. The van der Waals surface area contributed by atoms with Crippen LogP contribution in [0.3, 0.4) is 0 Å². The van der Waals surface area contributed by atoms with Gasteiger partial charge in [-0.15, -0.1) is 0 Å². The van der Waals surface area contributed by atoms with E-state index in [4.69, 9.17) is 18.9 Å². The fourth-order valence-electron chi connectivity index (χ4n) is 6.55. The van der Waals surface area contributed by atoms with Crippen LogP contribution in [0, 0.1) is 0 Å². The van der Waals surface area contributed by atoms with E-state index in [-0.39, 0.29) is 22.6 Å². The smallest absolute Gasteiger partial charge is 0.335 e. The molecule has 0 amide bonds. The third kappa shape index (κ3) is 4.03. The molecule has 0 saturated carbocycles. The quantitative estimate of drug-likeness (QED) is 0.195. The van der Waals surface area contributed by atoms with Crippen molar-refractivity contribution in [2.75, 3.05) is 40.8 Å². The zero-order valence-electron chi connectivity index (χ0n) is 22.6. The van der Waals surface area contributed by atoms with Crippen molar-refractivity contribution < 1.29 is 38.1 Å². The average molecular weight is 549 g/mol. The molecule has 10 heteroatoms. The summed E-state index contributed by atoms with van der Waals surface area (Å²) >= 11 is 0. The van der Waals surface area contributed by atoms with Crippen LogP contribution in [0.25, 0.3) is 0 Å². The molecular weight excluding hydrogens is 514 g/mol. The van der Waals surface area contributed by atoms with Crippen LogP contribution in [-0.4, -0.2) is 87.3 Å². The average Bonchev–Trinajstić information content (AvgIpc) is 3.55. The van der Waals surface area contributed by atoms with Crippen molar-refractivity contribution in [3.8, 4) is 0 Å². The van der Waals surface area contributed by atoms with Crippen LogP contribution in [0.2, 0.25) is 0 Å². The molecule has 4 bridgehead atoms. The normalized spacial score (nSPS) is 29.9. The van der Waals surface area contributed by atoms with Crippen LogP contribution in [0.5, 0.6) is 0 Å². The summed E-state index contributed by atoms with van der Waals surface area (Å²) in [5, 5.41) is 0. The van der Waals surface area contributed by atoms with E-state index in [9.17, 15) is 19.2 Å². The van der Waals surface area contributed by atoms with E-state index in [1.165, 1.54) is 28.4 Å². The van der Waals surface area contributed by atoms with Crippen LogP contribution in [0.1, 0.15) is 34.1 Å². The van der Waals surface area contributed by atoms with Crippen molar-refractivity contribution in [1.82, 2.24) is 0 Å². The number of hydrogen-bond acceptors (Lipinski definition) is 8. The van der Waals surface area contributed by atoms with Gasteiger partial charge < -0.3 is 18.9 Å². The molecule has 0 spiro atoms. The van der Waals surface area contributed by atoms with Crippen LogP contribution in [0.15, 0.2) is 44.6 Å². The van der Waals surface area contributed by atoms with E-state index < -0.39 is 39.7 Å². The molecule has 4 aliphatic heterocycles. The highest BCUT2D eigenvalue weighted by Gasteiger charge is 2.56. The molecule has 0 N–H and O–H groups in total. The maximum Gasteiger partial charge on any atom is 0.335 e. The molecule has 6 atom stereocenters. The summed E-state index contributed by atoms with van der Waals surface area (Å²) in [6, 6.07) is 0. The summed E-state index contributed by atoms with van der Waals surface area (Å²) in [7, 11) is 3.87. The largest absolute Gasteiger partial charge is 0.466 e. The SMILES string of the molecule is COC(=O)C1=C(C(=O)OC)[C@@H]2C(C)=C(C)[C@H]1P2CCCP1[C@@H]2C(C)=C(C)[C@H]1C(C(=O)OC)=C2C(=O)OC. The zero-order chi connectivity index (χ0) is 27.3. The van der Waals surface area contributed by atoms with E-state index in [2.05, 4.69) is 0 Å². The monoisotopic (exact) mass is 548 g/mol. The minimum atomic E-state index is -0.744. The van der Waals surface area contributed by atoms with E-state index in [0.717, 1.165) is 41.0 Å². The van der Waals surface area contributed by atoms with E-state index in [1.807, 2.05) is 27.7 Å². The summed E-state index contributed by atoms with van der Waals surface area (Å²) in [5.74, 6) is -1.85. The van der Waals surface area contributed by atoms with Gasteiger partial charge >= 0.3 is 23.9 Å². The highest BCUT2D eigenvalue weighted by Crippen LogP contribution is 2.71. The molecule has 37 heavy (non-hydrogen) atoms. The van der Waals surface area contributed by atoms with Crippen molar-refractivity contribution in [2.24, 2.45) is 0 Å². The van der Waals surface area contributed by atoms with E-state index in [0.29, 0.717) is 22.3 Å². The lowest BCUT2D eigenvalue weighted by Crippen LogP contribution is -2.24. The second kappa shape index (κ2) is 10.5. The van der Waals surface area contributed by atoms with Crippen molar-refractivity contribution in [3.05, 3.63) is 44.6 Å². The molecule has 0 saturated heterocycles. The Morgan fingerprint density at radius 1 is 0.514 bits per heavy atom. The number of esters is 4. The number of allylic oxidation sites excluding steroid dienone is 4. The molecule has 0 fully saturated rings. The van der Waals surface area contributed by atoms with Crippen LogP contribution in [0.4, 0.5) is 0 Å². The Morgan fingerprint density at radius 2 is 0.730 bits per heavy atom. The maximum absolute atomic E-state index is 12.7. The predicted octanol–water partition coefficient (Wildman–Crippen LogP) is 3.83. The molecule has 8 nitrogen and oxygen atoms in total. The van der Waals surface area contributed by atoms with Gasteiger partial charge in [0, 0.05) is 22.6 Å². The van der Waals surface area contributed by atoms with Gasteiger partial charge in [0.2, 0.25) is 0 Å². The van der Waals surface area contributed by atoms with E-state index >= 15 is 0 Å². The van der Waals surface area contributed by atoms with Crippen molar-refractivity contribution in [2.45, 2.75) is 56.8 Å². The molecule has 2 unspecified atom stereocenters. The predicted molar refractivity (Wildman–Crippen MR) is 142 cm³/mol. The lowest BCUT2D eigenvalue weighted by atomic mass is 9.87. The maximum atomic E-state index is 12.7. The molecule has 0 aromatic heterocycles. The molecule has 0 aromatic carbocycles. The first kappa shape index (κ1) is 27.7. The number of ether oxygens (including phenoxy) is 4. The number of carbonyl (C=O) groups excluding carboxylic acids is 4. The third-order valence-electron chi connectivity index (χ3n) is 8.34. The van der Waals surface area contributed by atoms with Crippen molar-refractivity contribution in [1.29, 1.82) is 0 Å². The van der Waals surface area contributed by atoms with Gasteiger partial charge in [-0.25, -0.2) is 19.2 Å². The molecule has 200 valence electrons. The Morgan fingerprint density at radius 3 is 0.919 bits per heavy atom. The summed E-state index contributed by atoms with van der Waals surface area (Å²) in [5.41, 5.74) is 5.98. The lowest BCUT2D eigenvalue weighted by molar-refractivity contribution is -0.139. The zero-order valence-corrected chi connectivity index (χ0v) is 24.4. The van der Waals surface area contributed by atoms with Gasteiger partial charge in [0.1, 0.15) is 0 Å². The Kier molecular flexibility index (Phi) is 7.84. The highest BCUT2D eigenvalue weighted by atomic mass is 31.1. The van der Waals surface area contributed by atoms with Crippen LogP contribution < -0.4 is 0 Å². The topological polar surface area (TPSA) is 105 Å². The number of rotatable bonds is 8. The molecule has 4 heterocycles. The second-order valence-electron chi connectivity index (χ2n) is 9.79. The molecule has 0 aliphatic carbocycles. The molecular formula is C27H34O8P2. The molecule has 4 rings (SSSR count). The fourth-order valence-corrected chi connectivity index (χ4v) is 14.6. The lowest BCUT2D eigenvalue weighted by Gasteiger charge is -2.24. The molecule has 0 aromatic rings. The Labute approximate surface area is 220 Å². The third-order valence-corrected chi connectivity index (χ3v) is 15.2. The van der Waals surface area contributed by atoms with Crippen LogP contribution >= 0.6 is 15.8 Å². The number of hydrogen-bond donors (Lipinski definition) is 0. The Balaban J connectivity index is 1.56. The van der Waals surface area contributed by atoms with Gasteiger partial charge in [0.05, 0.1) is 50.7 Å². The minimum Gasteiger partial charge on any atom is -0.466 e. The first-order chi connectivity index (χ1) is 17.6. The summed E-state index contributed by atoms with van der Waals surface area (Å²) in [6.07, 6.45) is 2.58. The molecule has 0 radical (unpaired) electrons. The first-order valence-electron chi connectivity index (χ1n) is 12.2. The van der Waals surface area contributed by atoms with Gasteiger partial charge in [-0.1, -0.05) is 38.1 Å². The first-order valence-corrected chi connectivity index (χ1v) is 15.6. The van der Waals surface area contributed by atoms with Crippen molar-refractivity contribution in [3.63, 3.8) is 0 Å². The summed E-state index contributed by atoms with van der Waals surface area (Å²) in [6.45, 7) is 8.16. The van der Waals surface area contributed by atoms with Gasteiger partial charge in [0.25, 0.3) is 0 Å². The summed E-state index contributed by atoms with van der Waals surface area (Å²) < 4.78 is 20.3.